The fourth-order valence-corrected chi connectivity index (χ4v) is 3.30. The topological polar surface area (TPSA) is 62.6 Å². The number of amides is 2. The van der Waals surface area contributed by atoms with Gasteiger partial charge < -0.3 is 14.6 Å². The predicted molar refractivity (Wildman–Crippen MR) is 104 cm³/mol. The van der Waals surface area contributed by atoms with Crippen LogP contribution in [0.3, 0.4) is 0 Å². The second-order valence-electron chi connectivity index (χ2n) is 6.53. The lowest BCUT2D eigenvalue weighted by Crippen LogP contribution is -2.28. The fourth-order valence-electron chi connectivity index (χ4n) is 3.30. The molecule has 2 aromatic carbocycles. The molecule has 5 heteroatoms. The molecule has 0 unspecified atom stereocenters. The van der Waals surface area contributed by atoms with E-state index < -0.39 is 0 Å². The first-order valence-corrected chi connectivity index (χ1v) is 9.04. The molecule has 1 N–H and O–H groups in total. The molecule has 136 valence electrons. The van der Waals surface area contributed by atoms with Gasteiger partial charge in [-0.25, -0.2) is 0 Å². The van der Waals surface area contributed by atoms with E-state index in [0.29, 0.717) is 23.6 Å². The average molecular weight is 360 g/mol. The summed E-state index contributed by atoms with van der Waals surface area (Å²) in [6.07, 6.45) is 3.21. The lowest BCUT2D eigenvalue weighted by molar-refractivity contribution is 0.0962. The Labute approximate surface area is 157 Å². The number of rotatable bonds is 4. The van der Waals surface area contributed by atoms with Gasteiger partial charge in [0.15, 0.2) is 5.76 Å². The molecule has 1 aliphatic rings. The first-order valence-electron chi connectivity index (χ1n) is 9.04. The minimum atomic E-state index is -0.169. The number of nitrogens with zero attached hydrogens (tertiary/aromatic N) is 1. The summed E-state index contributed by atoms with van der Waals surface area (Å²) in [4.78, 5) is 26.8. The summed E-state index contributed by atoms with van der Waals surface area (Å²) in [7, 11) is 0. The lowest BCUT2D eigenvalue weighted by Gasteiger charge is -2.17. The van der Waals surface area contributed by atoms with Crippen LogP contribution in [-0.4, -0.2) is 18.4 Å². The maximum atomic E-state index is 12.6. The van der Waals surface area contributed by atoms with Gasteiger partial charge in [0.05, 0.1) is 6.26 Å². The van der Waals surface area contributed by atoms with Crippen LogP contribution < -0.4 is 10.2 Å². The van der Waals surface area contributed by atoms with E-state index in [2.05, 4.69) is 12.2 Å². The van der Waals surface area contributed by atoms with Gasteiger partial charge in [-0.3, -0.25) is 9.59 Å². The Morgan fingerprint density at radius 3 is 2.63 bits per heavy atom. The normalized spacial score (nSPS) is 12.7. The molecule has 4 rings (SSSR count). The molecule has 1 aromatic heterocycles. The van der Waals surface area contributed by atoms with Crippen LogP contribution in [0.5, 0.6) is 0 Å². The summed E-state index contributed by atoms with van der Waals surface area (Å²) in [5, 5.41) is 2.92. The third kappa shape index (κ3) is 3.36. The van der Waals surface area contributed by atoms with Crippen LogP contribution in [0.2, 0.25) is 0 Å². The molecular formula is C22H20N2O3. The minimum absolute atomic E-state index is 0.167. The molecule has 0 aliphatic carbocycles. The number of aryl methyl sites for hydroxylation is 1. The molecular weight excluding hydrogens is 340 g/mol. The molecule has 0 spiro atoms. The fraction of sp³-hybridized carbons (Fsp3) is 0.182. The maximum Gasteiger partial charge on any atom is 0.293 e. The van der Waals surface area contributed by atoms with Gasteiger partial charge in [-0.1, -0.05) is 25.1 Å². The number of benzene rings is 2. The first-order chi connectivity index (χ1) is 13.2. The van der Waals surface area contributed by atoms with Crippen molar-refractivity contribution >= 4 is 23.2 Å². The van der Waals surface area contributed by atoms with Crippen LogP contribution in [0.15, 0.2) is 65.3 Å². The van der Waals surface area contributed by atoms with Crippen molar-refractivity contribution in [1.82, 2.24) is 0 Å². The monoisotopic (exact) mass is 360 g/mol. The molecule has 5 nitrogen and oxygen atoms in total. The smallest absolute Gasteiger partial charge is 0.293 e. The number of hydrogen-bond acceptors (Lipinski definition) is 3. The van der Waals surface area contributed by atoms with Crippen LogP contribution >= 0.6 is 0 Å². The van der Waals surface area contributed by atoms with Gasteiger partial charge in [-0.05, 0) is 60.4 Å². The van der Waals surface area contributed by atoms with E-state index in [1.807, 2.05) is 42.5 Å². The van der Waals surface area contributed by atoms with E-state index in [-0.39, 0.29) is 11.8 Å². The molecule has 2 amide bonds. The number of hydrogen-bond donors (Lipinski definition) is 1. The van der Waals surface area contributed by atoms with Crippen LogP contribution in [0.25, 0.3) is 0 Å². The van der Waals surface area contributed by atoms with Gasteiger partial charge in [-0.2, -0.15) is 0 Å². The van der Waals surface area contributed by atoms with E-state index in [1.54, 1.807) is 17.0 Å². The third-order valence-corrected chi connectivity index (χ3v) is 4.84. The molecule has 0 bridgehead atoms. The van der Waals surface area contributed by atoms with Gasteiger partial charge in [0.25, 0.3) is 11.8 Å². The summed E-state index contributed by atoms with van der Waals surface area (Å²) in [5.41, 5.74) is 4.36. The zero-order valence-electron chi connectivity index (χ0n) is 15.1. The largest absolute Gasteiger partial charge is 0.459 e. The molecule has 2 heterocycles. The van der Waals surface area contributed by atoms with Crippen molar-refractivity contribution in [3.05, 3.63) is 83.3 Å². The number of carbonyl (C=O) groups excluding carboxylic acids is 2. The highest BCUT2D eigenvalue weighted by Crippen LogP contribution is 2.32. The summed E-state index contributed by atoms with van der Waals surface area (Å²) in [6.45, 7) is 2.68. The minimum Gasteiger partial charge on any atom is -0.459 e. The van der Waals surface area contributed by atoms with Crippen LogP contribution in [0, 0.1) is 0 Å². The molecule has 0 saturated heterocycles. The van der Waals surface area contributed by atoms with E-state index >= 15 is 0 Å². The van der Waals surface area contributed by atoms with Gasteiger partial charge in [0.1, 0.15) is 0 Å². The second-order valence-corrected chi connectivity index (χ2v) is 6.53. The second kappa shape index (κ2) is 7.11. The third-order valence-electron chi connectivity index (χ3n) is 4.84. The highest BCUT2D eigenvalue weighted by atomic mass is 16.3. The Morgan fingerprint density at radius 1 is 1.11 bits per heavy atom. The van der Waals surface area contributed by atoms with Gasteiger partial charge >= 0.3 is 0 Å². The van der Waals surface area contributed by atoms with Crippen molar-refractivity contribution in [3.63, 3.8) is 0 Å². The standard InChI is InChI=1S/C22H20N2O3/c1-2-15-5-7-17(8-6-15)21(25)23-18-10-9-16-11-12-24(19(16)14-18)22(26)20-4-3-13-27-20/h3-10,13-14H,2,11-12H2,1H3,(H,23,25). The van der Waals surface area contributed by atoms with Crippen molar-refractivity contribution in [3.8, 4) is 0 Å². The maximum absolute atomic E-state index is 12.6. The number of fused-ring (bicyclic) bond motifs is 1. The Morgan fingerprint density at radius 2 is 1.93 bits per heavy atom. The Kier molecular flexibility index (Phi) is 4.50. The van der Waals surface area contributed by atoms with Crippen LogP contribution in [0.4, 0.5) is 11.4 Å². The SMILES string of the molecule is CCc1ccc(C(=O)Nc2ccc3c(c2)N(C(=O)c2ccco2)CC3)cc1. The van der Waals surface area contributed by atoms with E-state index in [0.717, 1.165) is 24.1 Å². The summed E-state index contributed by atoms with van der Waals surface area (Å²) in [6, 6.07) is 16.6. The van der Waals surface area contributed by atoms with E-state index in [4.69, 9.17) is 4.42 Å². The highest BCUT2D eigenvalue weighted by molar-refractivity contribution is 6.07. The molecule has 27 heavy (non-hydrogen) atoms. The Bertz CT molecular complexity index is 975. The lowest BCUT2D eigenvalue weighted by atomic mass is 10.1. The summed E-state index contributed by atoms with van der Waals surface area (Å²) in [5.74, 6) is -0.0230. The van der Waals surface area contributed by atoms with Gasteiger partial charge in [-0.15, -0.1) is 0 Å². The first kappa shape index (κ1) is 17.1. The van der Waals surface area contributed by atoms with E-state index in [1.165, 1.54) is 11.8 Å². The molecule has 0 fully saturated rings. The van der Waals surface area contributed by atoms with Crippen molar-refractivity contribution < 1.29 is 14.0 Å². The molecule has 1 aliphatic heterocycles. The molecule has 0 atom stereocenters. The van der Waals surface area contributed by atoms with Crippen molar-refractivity contribution in [2.75, 3.05) is 16.8 Å². The van der Waals surface area contributed by atoms with Crippen LogP contribution in [0.1, 0.15) is 39.0 Å². The number of anilines is 2. The van der Waals surface area contributed by atoms with Gasteiger partial charge in [0, 0.05) is 23.5 Å². The Hall–Kier alpha value is -3.34. The van der Waals surface area contributed by atoms with Crippen molar-refractivity contribution in [2.24, 2.45) is 0 Å². The van der Waals surface area contributed by atoms with E-state index in [9.17, 15) is 9.59 Å². The average Bonchev–Trinajstić information content (AvgIpc) is 3.37. The van der Waals surface area contributed by atoms with Crippen molar-refractivity contribution in [1.29, 1.82) is 0 Å². The zero-order chi connectivity index (χ0) is 18.8. The summed E-state index contributed by atoms with van der Waals surface area (Å²) >= 11 is 0. The molecule has 0 radical (unpaired) electrons. The number of nitrogens with one attached hydrogen (secondary N) is 1. The Balaban J connectivity index is 1.54. The number of carbonyl (C=O) groups is 2. The molecule has 3 aromatic rings. The highest BCUT2D eigenvalue weighted by Gasteiger charge is 2.27. The van der Waals surface area contributed by atoms with Crippen LogP contribution in [-0.2, 0) is 12.8 Å². The molecule has 0 saturated carbocycles. The summed E-state index contributed by atoms with van der Waals surface area (Å²) < 4.78 is 5.23. The quantitative estimate of drug-likeness (QED) is 0.755. The zero-order valence-corrected chi connectivity index (χ0v) is 15.1. The van der Waals surface area contributed by atoms with Crippen molar-refractivity contribution in [2.45, 2.75) is 19.8 Å². The number of furan rings is 1. The predicted octanol–water partition coefficient (Wildman–Crippen LogP) is 4.30. The van der Waals surface area contributed by atoms with Gasteiger partial charge in [0.2, 0.25) is 0 Å².